The number of aromatic nitrogens is 2. The zero-order valence-electron chi connectivity index (χ0n) is 12.1. The molecule has 0 aliphatic rings. The molecule has 8 nitrogen and oxygen atoms in total. The van der Waals surface area contributed by atoms with Crippen LogP contribution >= 0.6 is 0 Å². The quantitative estimate of drug-likeness (QED) is 0.470. The Morgan fingerprint density at radius 1 is 1.48 bits per heavy atom. The van der Waals surface area contributed by atoms with Crippen molar-refractivity contribution >= 4 is 12.0 Å². The van der Waals surface area contributed by atoms with Gasteiger partial charge in [-0.05, 0) is 12.8 Å². The molecule has 1 atom stereocenters. The van der Waals surface area contributed by atoms with Crippen molar-refractivity contribution in [3.8, 4) is 0 Å². The van der Waals surface area contributed by atoms with E-state index in [0.717, 1.165) is 6.42 Å². The van der Waals surface area contributed by atoms with Gasteiger partial charge in [-0.15, -0.1) is 0 Å². The Bertz CT molecular complexity index is 422. The van der Waals surface area contributed by atoms with Crippen LogP contribution < -0.4 is 10.6 Å². The summed E-state index contributed by atoms with van der Waals surface area (Å²) in [4.78, 5) is 29.3. The van der Waals surface area contributed by atoms with Crippen LogP contribution in [0.2, 0.25) is 0 Å². The predicted molar refractivity (Wildman–Crippen MR) is 76.0 cm³/mol. The molecule has 4 N–H and O–H groups in total. The second-order valence-electron chi connectivity index (χ2n) is 4.54. The molecular weight excluding hydrogens is 276 g/mol. The molecule has 0 aliphatic heterocycles. The van der Waals surface area contributed by atoms with Crippen molar-refractivity contribution in [1.82, 2.24) is 20.6 Å². The van der Waals surface area contributed by atoms with Gasteiger partial charge in [0.15, 0.2) is 0 Å². The number of carboxylic acid groups (broad SMARTS) is 1. The van der Waals surface area contributed by atoms with Crippen LogP contribution in [0.1, 0.15) is 25.5 Å². The molecule has 8 heteroatoms. The lowest BCUT2D eigenvalue weighted by Gasteiger charge is -2.14. The molecule has 1 aromatic rings. The lowest BCUT2D eigenvalue weighted by molar-refractivity contribution is -0.139. The lowest BCUT2D eigenvalue weighted by Crippen LogP contribution is -2.47. The van der Waals surface area contributed by atoms with E-state index in [4.69, 9.17) is 9.84 Å². The fraction of sp³-hybridized carbons (Fsp3) is 0.615. The van der Waals surface area contributed by atoms with Crippen LogP contribution in [-0.2, 0) is 16.0 Å². The van der Waals surface area contributed by atoms with Crippen molar-refractivity contribution < 1.29 is 19.4 Å². The first-order chi connectivity index (χ1) is 10.1. The third kappa shape index (κ3) is 7.31. The van der Waals surface area contributed by atoms with Gasteiger partial charge in [0, 0.05) is 38.1 Å². The van der Waals surface area contributed by atoms with E-state index in [2.05, 4.69) is 20.6 Å². The van der Waals surface area contributed by atoms with Gasteiger partial charge in [-0.1, -0.05) is 6.92 Å². The minimum absolute atomic E-state index is 0.155. The first-order valence-electron chi connectivity index (χ1n) is 6.95. The fourth-order valence-electron chi connectivity index (χ4n) is 1.65. The number of aliphatic carboxylic acids is 1. The van der Waals surface area contributed by atoms with Gasteiger partial charge in [0.2, 0.25) is 0 Å². The van der Waals surface area contributed by atoms with Gasteiger partial charge in [0.05, 0.1) is 6.33 Å². The Morgan fingerprint density at radius 2 is 2.29 bits per heavy atom. The van der Waals surface area contributed by atoms with Crippen molar-refractivity contribution in [3.05, 3.63) is 18.2 Å². The van der Waals surface area contributed by atoms with Crippen LogP contribution in [0.15, 0.2) is 12.5 Å². The van der Waals surface area contributed by atoms with Crippen LogP contribution in [0, 0.1) is 0 Å². The third-order valence-electron chi connectivity index (χ3n) is 2.68. The van der Waals surface area contributed by atoms with Crippen LogP contribution in [0.5, 0.6) is 0 Å². The number of ether oxygens (including phenoxy) is 1. The maximum atomic E-state index is 11.6. The van der Waals surface area contributed by atoms with Gasteiger partial charge >= 0.3 is 12.0 Å². The molecule has 0 saturated carbocycles. The summed E-state index contributed by atoms with van der Waals surface area (Å²) in [6.45, 7) is 3.74. The number of nitrogens with one attached hydrogen (secondary N) is 3. The molecule has 0 bridgehead atoms. The number of hydrogen-bond donors (Lipinski definition) is 4. The van der Waals surface area contributed by atoms with Crippen LogP contribution in [0.4, 0.5) is 4.79 Å². The number of carbonyl (C=O) groups is 2. The van der Waals surface area contributed by atoms with Crippen LogP contribution in [0.25, 0.3) is 0 Å². The maximum Gasteiger partial charge on any atom is 0.326 e. The van der Waals surface area contributed by atoms with Gasteiger partial charge in [-0.3, -0.25) is 0 Å². The van der Waals surface area contributed by atoms with E-state index in [1.165, 1.54) is 12.5 Å². The highest BCUT2D eigenvalue weighted by atomic mass is 16.5. The average Bonchev–Trinajstić information content (AvgIpc) is 2.95. The summed E-state index contributed by atoms with van der Waals surface area (Å²) >= 11 is 0. The molecular formula is C13H22N4O4. The molecule has 0 fully saturated rings. The van der Waals surface area contributed by atoms with Crippen molar-refractivity contribution in [3.63, 3.8) is 0 Å². The molecule has 0 aromatic carbocycles. The van der Waals surface area contributed by atoms with E-state index in [1.807, 2.05) is 6.92 Å². The standard InChI is InChI=1S/C13H22N4O4/c1-2-5-21-6-3-4-15-13(20)17-11(12(18)19)7-10-8-14-9-16-10/h8-9,11H,2-7H2,1H3,(H,14,16)(H,18,19)(H2,15,17,20)/t11-/m1/s1. The highest BCUT2D eigenvalue weighted by Gasteiger charge is 2.20. The lowest BCUT2D eigenvalue weighted by atomic mass is 10.2. The first-order valence-corrected chi connectivity index (χ1v) is 6.95. The molecule has 1 heterocycles. The fourth-order valence-corrected chi connectivity index (χ4v) is 1.65. The van der Waals surface area contributed by atoms with Gasteiger partial charge in [-0.2, -0.15) is 0 Å². The van der Waals surface area contributed by atoms with Gasteiger partial charge in [-0.25, -0.2) is 14.6 Å². The number of nitrogens with zero attached hydrogens (tertiary/aromatic N) is 1. The minimum atomic E-state index is -1.09. The number of hydrogen-bond acceptors (Lipinski definition) is 4. The molecule has 0 unspecified atom stereocenters. The predicted octanol–water partition coefficient (Wildman–Crippen LogP) is 0.521. The van der Waals surface area contributed by atoms with Crippen LogP contribution in [-0.4, -0.2) is 52.9 Å². The van der Waals surface area contributed by atoms with Crippen molar-refractivity contribution in [2.24, 2.45) is 0 Å². The second kappa shape index (κ2) is 9.76. The minimum Gasteiger partial charge on any atom is -0.480 e. The molecule has 0 spiro atoms. The summed E-state index contributed by atoms with van der Waals surface area (Å²) in [6, 6.07) is -1.50. The Kier molecular flexibility index (Phi) is 7.88. The molecule has 21 heavy (non-hydrogen) atoms. The maximum absolute atomic E-state index is 11.6. The number of H-pyrrole nitrogens is 1. The summed E-state index contributed by atoms with van der Waals surface area (Å²) in [5.41, 5.74) is 0.649. The summed E-state index contributed by atoms with van der Waals surface area (Å²) in [6.07, 6.45) is 4.79. The average molecular weight is 298 g/mol. The Labute approximate surface area is 123 Å². The summed E-state index contributed by atoms with van der Waals surface area (Å²) < 4.78 is 5.28. The van der Waals surface area contributed by atoms with Gasteiger partial charge in [0.1, 0.15) is 6.04 Å². The van der Waals surface area contributed by atoms with E-state index in [9.17, 15) is 9.59 Å². The summed E-state index contributed by atoms with van der Waals surface area (Å²) in [7, 11) is 0. The highest BCUT2D eigenvalue weighted by Crippen LogP contribution is 1.98. The smallest absolute Gasteiger partial charge is 0.326 e. The van der Waals surface area contributed by atoms with Crippen molar-refractivity contribution in [2.75, 3.05) is 19.8 Å². The van der Waals surface area contributed by atoms with E-state index in [0.29, 0.717) is 31.9 Å². The summed E-state index contributed by atoms with van der Waals surface area (Å²) in [5, 5.41) is 14.1. The van der Waals surface area contributed by atoms with E-state index in [-0.39, 0.29) is 6.42 Å². The summed E-state index contributed by atoms with van der Waals surface area (Å²) in [5.74, 6) is -1.09. The van der Waals surface area contributed by atoms with Gasteiger partial charge < -0.3 is 25.5 Å². The van der Waals surface area contributed by atoms with E-state index < -0.39 is 18.0 Å². The molecule has 118 valence electrons. The number of amides is 2. The first kappa shape index (κ1) is 17.0. The number of carbonyl (C=O) groups excluding carboxylic acids is 1. The molecule has 0 aliphatic carbocycles. The van der Waals surface area contributed by atoms with Crippen molar-refractivity contribution in [2.45, 2.75) is 32.2 Å². The molecule has 0 saturated heterocycles. The number of carboxylic acids is 1. The topological polar surface area (TPSA) is 116 Å². The molecule has 1 aromatic heterocycles. The number of rotatable bonds is 10. The number of imidazole rings is 1. The van der Waals surface area contributed by atoms with Crippen LogP contribution in [0.3, 0.4) is 0 Å². The monoisotopic (exact) mass is 298 g/mol. The molecule has 2 amide bonds. The highest BCUT2D eigenvalue weighted by molar-refractivity contribution is 5.82. The normalized spacial score (nSPS) is 11.9. The largest absolute Gasteiger partial charge is 0.480 e. The SMILES string of the molecule is CCCOCCCNC(=O)N[C@H](Cc1cnc[nH]1)C(=O)O. The Hall–Kier alpha value is -2.09. The Morgan fingerprint density at radius 3 is 2.90 bits per heavy atom. The molecule has 1 rings (SSSR count). The Balaban J connectivity index is 2.24. The second-order valence-corrected chi connectivity index (χ2v) is 4.54. The zero-order valence-corrected chi connectivity index (χ0v) is 12.1. The van der Waals surface area contributed by atoms with E-state index >= 15 is 0 Å². The van der Waals surface area contributed by atoms with Crippen molar-refractivity contribution in [1.29, 1.82) is 0 Å². The molecule has 0 radical (unpaired) electrons. The number of aromatic amines is 1. The van der Waals surface area contributed by atoms with Gasteiger partial charge in [0.25, 0.3) is 0 Å². The third-order valence-corrected chi connectivity index (χ3v) is 2.68. The zero-order chi connectivity index (χ0) is 15.5. The number of urea groups is 1. The van der Waals surface area contributed by atoms with E-state index in [1.54, 1.807) is 0 Å².